The highest BCUT2D eigenvalue weighted by molar-refractivity contribution is 7.13. The van der Waals surface area contributed by atoms with Gasteiger partial charge >= 0.3 is 5.97 Å². The molecule has 2 rings (SSSR count). The van der Waals surface area contributed by atoms with Crippen LogP contribution < -0.4 is 0 Å². The van der Waals surface area contributed by atoms with Crippen LogP contribution in [0.2, 0.25) is 5.02 Å². The van der Waals surface area contributed by atoms with Crippen LogP contribution in [0.1, 0.15) is 12.1 Å². The van der Waals surface area contributed by atoms with Crippen molar-refractivity contribution in [3.05, 3.63) is 40.1 Å². The Kier molecular flexibility index (Phi) is 4.50. The molecule has 2 aromatic rings. The molecule has 0 spiro atoms. The number of aryl methyl sites for hydroxylation is 1. The van der Waals surface area contributed by atoms with Crippen LogP contribution in [0.25, 0.3) is 10.6 Å². The molecule has 0 unspecified atom stereocenters. The Morgan fingerprint density at radius 1 is 1.53 bits per heavy atom. The number of benzene rings is 1. The smallest absolute Gasteiger partial charge is 0.305 e. The van der Waals surface area contributed by atoms with E-state index in [-0.39, 0.29) is 12.4 Å². The number of hydrogen-bond donors (Lipinski definition) is 0. The van der Waals surface area contributed by atoms with Gasteiger partial charge in [0.15, 0.2) is 0 Å². The molecule has 0 bridgehead atoms. The van der Waals surface area contributed by atoms with Gasteiger partial charge in [0.05, 0.1) is 29.8 Å². The Morgan fingerprint density at radius 3 is 3.00 bits per heavy atom. The minimum Gasteiger partial charge on any atom is -0.469 e. The van der Waals surface area contributed by atoms with Crippen molar-refractivity contribution in [1.29, 1.82) is 0 Å². The van der Waals surface area contributed by atoms with Crippen LogP contribution in [-0.4, -0.2) is 18.1 Å². The molecule has 3 nitrogen and oxygen atoms in total. The standard InChI is InChI=1S/C13H11ClFNO2S/c1-18-11(17)6-5-8-7-19-13(16-8)12-9(14)3-2-4-10(12)15/h2-4,7H,5-6H2,1H3. The van der Waals surface area contributed by atoms with E-state index in [9.17, 15) is 9.18 Å². The third-order valence-corrected chi connectivity index (χ3v) is 3.76. The van der Waals surface area contributed by atoms with Crippen molar-refractivity contribution in [3.8, 4) is 10.6 Å². The zero-order chi connectivity index (χ0) is 13.8. The number of carbonyl (C=O) groups excluding carboxylic acids is 1. The zero-order valence-corrected chi connectivity index (χ0v) is 11.7. The fourth-order valence-electron chi connectivity index (χ4n) is 1.57. The maximum Gasteiger partial charge on any atom is 0.305 e. The van der Waals surface area contributed by atoms with Crippen molar-refractivity contribution in [2.45, 2.75) is 12.8 Å². The Labute approximate surface area is 119 Å². The van der Waals surface area contributed by atoms with Crippen molar-refractivity contribution < 1.29 is 13.9 Å². The predicted octanol–water partition coefficient (Wildman–Crippen LogP) is 3.71. The van der Waals surface area contributed by atoms with Gasteiger partial charge in [0, 0.05) is 11.8 Å². The van der Waals surface area contributed by atoms with E-state index in [1.807, 2.05) is 0 Å². The van der Waals surface area contributed by atoms with E-state index < -0.39 is 5.82 Å². The number of nitrogens with zero attached hydrogens (tertiary/aromatic N) is 1. The summed E-state index contributed by atoms with van der Waals surface area (Å²) >= 11 is 7.28. The predicted molar refractivity (Wildman–Crippen MR) is 72.9 cm³/mol. The second kappa shape index (κ2) is 6.12. The van der Waals surface area contributed by atoms with Crippen LogP contribution in [0.4, 0.5) is 4.39 Å². The summed E-state index contributed by atoms with van der Waals surface area (Å²) in [6.07, 6.45) is 0.722. The highest BCUT2D eigenvalue weighted by Crippen LogP contribution is 2.32. The van der Waals surface area contributed by atoms with E-state index in [0.29, 0.717) is 22.0 Å². The molecule has 1 aromatic carbocycles. The van der Waals surface area contributed by atoms with Crippen molar-refractivity contribution in [2.24, 2.45) is 0 Å². The van der Waals surface area contributed by atoms with Gasteiger partial charge in [-0.3, -0.25) is 4.79 Å². The molecule has 100 valence electrons. The van der Waals surface area contributed by atoms with Crippen LogP contribution in [0.15, 0.2) is 23.6 Å². The van der Waals surface area contributed by atoms with Crippen LogP contribution in [-0.2, 0) is 16.0 Å². The van der Waals surface area contributed by atoms with Gasteiger partial charge in [-0.15, -0.1) is 11.3 Å². The van der Waals surface area contributed by atoms with Crippen molar-refractivity contribution in [2.75, 3.05) is 7.11 Å². The van der Waals surface area contributed by atoms with Gasteiger partial charge < -0.3 is 4.74 Å². The van der Waals surface area contributed by atoms with Gasteiger partial charge in [0.1, 0.15) is 10.8 Å². The Bertz CT molecular complexity index is 580. The average Bonchev–Trinajstić information content (AvgIpc) is 2.84. The first-order chi connectivity index (χ1) is 9.11. The lowest BCUT2D eigenvalue weighted by molar-refractivity contribution is -0.140. The quantitative estimate of drug-likeness (QED) is 0.808. The topological polar surface area (TPSA) is 39.2 Å². The van der Waals surface area contributed by atoms with E-state index in [4.69, 9.17) is 11.6 Å². The molecule has 0 aliphatic heterocycles. The largest absolute Gasteiger partial charge is 0.469 e. The summed E-state index contributed by atoms with van der Waals surface area (Å²) in [4.78, 5) is 15.3. The molecule has 19 heavy (non-hydrogen) atoms. The molecule has 0 fully saturated rings. The van der Waals surface area contributed by atoms with E-state index in [2.05, 4.69) is 9.72 Å². The number of methoxy groups -OCH3 is 1. The number of rotatable bonds is 4. The van der Waals surface area contributed by atoms with Gasteiger partial charge in [0.2, 0.25) is 0 Å². The molecule has 0 aliphatic carbocycles. The van der Waals surface area contributed by atoms with Crippen molar-refractivity contribution in [3.63, 3.8) is 0 Å². The molecule has 0 aliphatic rings. The fraction of sp³-hybridized carbons (Fsp3) is 0.231. The van der Waals surface area contributed by atoms with Gasteiger partial charge in [0.25, 0.3) is 0 Å². The van der Waals surface area contributed by atoms with Crippen LogP contribution in [0.5, 0.6) is 0 Å². The van der Waals surface area contributed by atoms with Crippen molar-refractivity contribution in [1.82, 2.24) is 4.98 Å². The highest BCUT2D eigenvalue weighted by Gasteiger charge is 2.14. The third kappa shape index (κ3) is 3.30. The number of hydrogen-bond acceptors (Lipinski definition) is 4. The fourth-order valence-corrected chi connectivity index (χ4v) is 2.79. The summed E-state index contributed by atoms with van der Waals surface area (Å²) in [5.41, 5.74) is 1.03. The molecule has 6 heteroatoms. The number of ether oxygens (including phenoxy) is 1. The minimum atomic E-state index is -0.402. The second-order valence-corrected chi connectivity index (χ2v) is 5.08. The van der Waals surface area contributed by atoms with Crippen molar-refractivity contribution >= 4 is 28.9 Å². The van der Waals surface area contributed by atoms with Crippen LogP contribution >= 0.6 is 22.9 Å². The highest BCUT2D eigenvalue weighted by atomic mass is 35.5. The molecule has 0 N–H and O–H groups in total. The van der Waals surface area contributed by atoms with Gasteiger partial charge in [-0.25, -0.2) is 9.37 Å². The first-order valence-corrected chi connectivity index (χ1v) is 6.83. The lowest BCUT2D eigenvalue weighted by atomic mass is 10.2. The number of carbonyl (C=O) groups is 1. The summed E-state index contributed by atoms with van der Waals surface area (Å²) in [6.45, 7) is 0. The molecule has 0 radical (unpaired) electrons. The summed E-state index contributed by atoms with van der Waals surface area (Å²) in [6, 6.07) is 4.51. The Balaban J connectivity index is 2.19. The van der Waals surface area contributed by atoms with Gasteiger partial charge in [-0.05, 0) is 12.1 Å². The normalized spacial score (nSPS) is 10.5. The average molecular weight is 300 g/mol. The first kappa shape index (κ1) is 14.0. The molecule has 0 saturated heterocycles. The lowest BCUT2D eigenvalue weighted by Crippen LogP contribution is -2.02. The monoisotopic (exact) mass is 299 g/mol. The maximum absolute atomic E-state index is 13.7. The van der Waals surface area contributed by atoms with Gasteiger partial charge in [-0.2, -0.15) is 0 Å². The molecule has 0 atom stereocenters. The third-order valence-electron chi connectivity index (χ3n) is 2.54. The number of thiazole rings is 1. The number of halogens is 2. The lowest BCUT2D eigenvalue weighted by Gasteiger charge is -2.01. The first-order valence-electron chi connectivity index (χ1n) is 5.57. The van der Waals surface area contributed by atoms with E-state index in [1.165, 1.54) is 24.5 Å². The number of esters is 1. The van der Waals surface area contributed by atoms with E-state index >= 15 is 0 Å². The molecular weight excluding hydrogens is 289 g/mol. The molecule has 0 saturated carbocycles. The van der Waals surface area contributed by atoms with Crippen LogP contribution in [0, 0.1) is 5.82 Å². The summed E-state index contributed by atoms with van der Waals surface area (Å²) in [7, 11) is 1.34. The van der Waals surface area contributed by atoms with Crippen LogP contribution in [0.3, 0.4) is 0 Å². The van der Waals surface area contributed by atoms with Gasteiger partial charge in [-0.1, -0.05) is 17.7 Å². The molecule has 1 aromatic heterocycles. The summed E-state index contributed by atoms with van der Waals surface area (Å²) in [5.74, 6) is -0.695. The van der Waals surface area contributed by atoms with E-state index in [1.54, 1.807) is 17.5 Å². The van der Waals surface area contributed by atoms with E-state index in [0.717, 1.165) is 5.69 Å². The Hall–Kier alpha value is -1.46. The Morgan fingerprint density at radius 2 is 2.32 bits per heavy atom. The maximum atomic E-state index is 13.7. The zero-order valence-electron chi connectivity index (χ0n) is 10.2. The SMILES string of the molecule is COC(=O)CCc1csc(-c2c(F)cccc2Cl)n1. The minimum absolute atomic E-state index is 0.255. The summed E-state index contributed by atoms with van der Waals surface area (Å²) < 4.78 is 18.3. The number of aromatic nitrogens is 1. The second-order valence-electron chi connectivity index (χ2n) is 3.82. The molecule has 1 heterocycles. The summed E-state index contributed by atoms with van der Waals surface area (Å²) in [5, 5.41) is 2.64. The molecule has 0 amide bonds. The molecular formula is C13H11ClFNO2S.